The molecule has 88 valence electrons. The highest BCUT2D eigenvalue weighted by Gasteiger charge is 2.05. The summed E-state index contributed by atoms with van der Waals surface area (Å²) in [6, 6.07) is 12.0. The molecule has 1 aromatic carbocycles. The Morgan fingerprint density at radius 3 is 2.76 bits per heavy atom. The maximum Gasteiger partial charge on any atom is 0.232 e. The average molecular weight is 246 g/mol. The number of benzene rings is 1. The van der Waals surface area contributed by atoms with Gasteiger partial charge in [0, 0.05) is 19.5 Å². The molecule has 0 fully saturated rings. The maximum absolute atomic E-state index is 11.5. The Labute approximate surface area is 105 Å². The van der Waals surface area contributed by atoms with E-state index >= 15 is 0 Å². The molecule has 0 saturated heterocycles. The highest BCUT2D eigenvalue weighted by Crippen LogP contribution is 2.19. The largest absolute Gasteiger partial charge is 0.348 e. The third kappa shape index (κ3) is 2.97. The Morgan fingerprint density at radius 1 is 1.24 bits per heavy atom. The fourth-order valence-corrected chi connectivity index (χ4v) is 2.25. The Kier molecular flexibility index (Phi) is 3.64. The first-order valence-electron chi connectivity index (χ1n) is 5.35. The zero-order valence-corrected chi connectivity index (χ0v) is 10.7. The Hall–Kier alpha value is -1.55. The van der Waals surface area contributed by atoms with Crippen molar-refractivity contribution >= 4 is 28.6 Å². The van der Waals surface area contributed by atoms with E-state index in [9.17, 15) is 4.79 Å². The molecule has 0 bridgehead atoms. The van der Waals surface area contributed by atoms with Gasteiger partial charge in [0.15, 0.2) is 0 Å². The van der Waals surface area contributed by atoms with Crippen LogP contribution in [0.2, 0.25) is 0 Å². The summed E-state index contributed by atoms with van der Waals surface area (Å²) in [5.74, 6) is 0.531. The lowest BCUT2D eigenvalue weighted by Gasteiger charge is -2.09. The second-order valence-corrected chi connectivity index (χ2v) is 4.91. The number of hydrogen-bond donors (Lipinski definition) is 0. The lowest BCUT2D eigenvalue weighted by atomic mass is 10.2. The number of nitrogens with zero attached hydrogens (tertiary/aromatic N) is 2. The predicted molar refractivity (Wildman–Crippen MR) is 71.2 cm³/mol. The molecule has 0 aliphatic heterocycles. The molecule has 0 atom stereocenters. The summed E-state index contributed by atoms with van der Waals surface area (Å²) in [6.07, 6.45) is 0. The van der Waals surface area contributed by atoms with E-state index in [-0.39, 0.29) is 5.91 Å². The number of fused-ring (bicyclic) bond motifs is 1. The number of pyridine rings is 1. The SMILES string of the molecule is CN(C)C(=O)CSc1ccc2ccccc2n1. The number of thioether (sulfide) groups is 1. The van der Waals surface area contributed by atoms with E-state index in [1.54, 1.807) is 19.0 Å². The summed E-state index contributed by atoms with van der Waals surface area (Å²) in [5.41, 5.74) is 0.967. The van der Waals surface area contributed by atoms with Crippen molar-refractivity contribution in [3.63, 3.8) is 0 Å². The molecule has 1 aromatic heterocycles. The number of aromatic nitrogens is 1. The van der Waals surface area contributed by atoms with E-state index in [4.69, 9.17) is 0 Å². The summed E-state index contributed by atoms with van der Waals surface area (Å²) >= 11 is 1.47. The second-order valence-electron chi connectivity index (χ2n) is 3.92. The Bertz CT molecular complexity index is 540. The molecule has 4 heteroatoms. The van der Waals surface area contributed by atoms with Gasteiger partial charge in [-0.3, -0.25) is 4.79 Å². The molecule has 3 nitrogen and oxygen atoms in total. The number of rotatable bonds is 3. The second kappa shape index (κ2) is 5.19. The van der Waals surface area contributed by atoms with Crippen LogP contribution in [-0.2, 0) is 4.79 Å². The van der Waals surface area contributed by atoms with Crippen molar-refractivity contribution in [3.05, 3.63) is 36.4 Å². The van der Waals surface area contributed by atoms with E-state index in [2.05, 4.69) is 4.98 Å². The van der Waals surface area contributed by atoms with Crippen molar-refractivity contribution in [2.75, 3.05) is 19.8 Å². The molecule has 0 N–H and O–H groups in total. The minimum Gasteiger partial charge on any atom is -0.348 e. The Balaban J connectivity index is 2.12. The molecule has 17 heavy (non-hydrogen) atoms. The number of para-hydroxylation sites is 1. The van der Waals surface area contributed by atoms with Gasteiger partial charge >= 0.3 is 0 Å². The van der Waals surface area contributed by atoms with Crippen molar-refractivity contribution in [1.29, 1.82) is 0 Å². The van der Waals surface area contributed by atoms with Crippen LogP contribution in [0, 0.1) is 0 Å². The smallest absolute Gasteiger partial charge is 0.232 e. The molecule has 2 aromatic rings. The van der Waals surface area contributed by atoms with Crippen LogP contribution >= 0.6 is 11.8 Å². The summed E-state index contributed by atoms with van der Waals surface area (Å²) < 4.78 is 0. The van der Waals surface area contributed by atoms with Crippen LogP contribution in [0.5, 0.6) is 0 Å². The average Bonchev–Trinajstić information content (AvgIpc) is 2.35. The van der Waals surface area contributed by atoms with Crippen LogP contribution in [0.3, 0.4) is 0 Å². The fourth-order valence-electron chi connectivity index (χ4n) is 1.39. The minimum atomic E-state index is 0.102. The van der Waals surface area contributed by atoms with Gasteiger partial charge in [-0.1, -0.05) is 36.0 Å². The van der Waals surface area contributed by atoms with Gasteiger partial charge in [0.2, 0.25) is 5.91 Å². The molecule has 0 aliphatic rings. The Morgan fingerprint density at radius 2 is 2.00 bits per heavy atom. The molecule has 0 spiro atoms. The van der Waals surface area contributed by atoms with Gasteiger partial charge in [-0.2, -0.15) is 0 Å². The lowest BCUT2D eigenvalue weighted by molar-refractivity contribution is -0.125. The monoisotopic (exact) mass is 246 g/mol. The highest BCUT2D eigenvalue weighted by molar-refractivity contribution is 7.99. The molecular formula is C13H14N2OS. The van der Waals surface area contributed by atoms with Crippen LogP contribution in [-0.4, -0.2) is 35.6 Å². The summed E-state index contributed by atoms with van der Waals surface area (Å²) in [7, 11) is 3.52. The fraction of sp³-hybridized carbons (Fsp3) is 0.231. The van der Waals surface area contributed by atoms with Crippen molar-refractivity contribution < 1.29 is 4.79 Å². The molecular weight excluding hydrogens is 232 g/mol. The standard InChI is InChI=1S/C13H14N2OS/c1-15(2)13(16)9-17-12-8-7-10-5-3-4-6-11(10)14-12/h3-8H,9H2,1-2H3. The molecule has 0 aliphatic carbocycles. The van der Waals surface area contributed by atoms with Crippen LogP contribution in [0.25, 0.3) is 10.9 Å². The van der Waals surface area contributed by atoms with Crippen molar-refractivity contribution in [1.82, 2.24) is 9.88 Å². The van der Waals surface area contributed by atoms with Crippen LogP contribution in [0.4, 0.5) is 0 Å². The van der Waals surface area contributed by atoms with Gasteiger partial charge in [0.05, 0.1) is 16.3 Å². The molecule has 0 saturated carbocycles. The normalized spacial score (nSPS) is 10.5. The third-order valence-electron chi connectivity index (χ3n) is 2.42. The number of carbonyl (C=O) groups excluding carboxylic acids is 1. The quantitative estimate of drug-likeness (QED) is 0.780. The van der Waals surface area contributed by atoms with E-state index in [1.165, 1.54) is 11.8 Å². The van der Waals surface area contributed by atoms with Gasteiger partial charge < -0.3 is 4.90 Å². The summed E-state index contributed by atoms with van der Waals surface area (Å²) in [6.45, 7) is 0. The van der Waals surface area contributed by atoms with Gasteiger partial charge in [-0.05, 0) is 12.1 Å². The predicted octanol–water partition coefficient (Wildman–Crippen LogP) is 2.42. The molecule has 1 amide bonds. The van der Waals surface area contributed by atoms with Gasteiger partial charge in [0.25, 0.3) is 0 Å². The number of amides is 1. The summed E-state index contributed by atoms with van der Waals surface area (Å²) in [4.78, 5) is 17.5. The van der Waals surface area contributed by atoms with Gasteiger partial charge in [0.1, 0.15) is 0 Å². The molecule has 1 heterocycles. The zero-order valence-electron chi connectivity index (χ0n) is 9.88. The topological polar surface area (TPSA) is 33.2 Å². The van der Waals surface area contributed by atoms with E-state index in [0.717, 1.165) is 15.9 Å². The van der Waals surface area contributed by atoms with Crippen molar-refractivity contribution in [2.24, 2.45) is 0 Å². The zero-order chi connectivity index (χ0) is 12.3. The maximum atomic E-state index is 11.5. The minimum absolute atomic E-state index is 0.102. The summed E-state index contributed by atoms with van der Waals surface area (Å²) in [5, 5.41) is 2.01. The van der Waals surface area contributed by atoms with E-state index in [0.29, 0.717) is 5.75 Å². The van der Waals surface area contributed by atoms with Crippen LogP contribution in [0.1, 0.15) is 0 Å². The first kappa shape index (κ1) is 11.9. The molecule has 0 radical (unpaired) electrons. The first-order valence-corrected chi connectivity index (χ1v) is 6.34. The molecule has 2 rings (SSSR count). The van der Waals surface area contributed by atoms with Crippen molar-refractivity contribution in [3.8, 4) is 0 Å². The van der Waals surface area contributed by atoms with Gasteiger partial charge in [-0.15, -0.1) is 0 Å². The van der Waals surface area contributed by atoms with Crippen molar-refractivity contribution in [2.45, 2.75) is 5.03 Å². The third-order valence-corrected chi connectivity index (χ3v) is 3.33. The number of hydrogen-bond acceptors (Lipinski definition) is 3. The van der Waals surface area contributed by atoms with Gasteiger partial charge in [-0.25, -0.2) is 4.98 Å². The van der Waals surface area contributed by atoms with Crippen LogP contribution < -0.4 is 0 Å². The van der Waals surface area contributed by atoms with Crippen LogP contribution in [0.15, 0.2) is 41.4 Å². The lowest BCUT2D eigenvalue weighted by Crippen LogP contribution is -2.23. The molecule has 0 unspecified atom stereocenters. The number of carbonyl (C=O) groups is 1. The first-order chi connectivity index (χ1) is 8.16. The van der Waals surface area contributed by atoms with E-state index < -0.39 is 0 Å². The highest BCUT2D eigenvalue weighted by atomic mass is 32.2. The van der Waals surface area contributed by atoms with E-state index in [1.807, 2.05) is 36.4 Å².